The molecule has 0 aliphatic carbocycles. The summed E-state index contributed by atoms with van der Waals surface area (Å²) in [5.74, 6) is 5.79. The van der Waals surface area contributed by atoms with Crippen LogP contribution in [0.2, 0.25) is 5.02 Å². The molecule has 0 saturated carbocycles. The van der Waals surface area contributed by atoms with Crippen LogP contribution in [-0.4, -0.2) is 9.97 Å². The maximum Gasteiger partial charge on any atom is 0.148 e. The molecule has 0 aliphatic heterocycles. The average Bonchev–Trinajstić information content (AvgIpc) is 2.35. The first-order chi connectivity index (χ1) is 8.61. The first-order valence-electron chi connectivity index (χ1n) is 5.12. The summed E-state index contributed by atoms with van der Waals surface area (Å²) in [7, 11) is 0. The molecule has 0 saturated heterocycles. The molecule has 5 nitrogen and oxygen atoms in total. The van der Waals surface area contributed by atoms with Crippen LogP contribution in [0.1, 0.15) is 5.56 Å². The molecular formula is C11H11ClFN5. The highest BCUT2D eigenvalue weighted by Crippen LogP contribution is 2.25. The zero-order chi connectivity index (χ0) is 13.1. The van der Waals surface area contributed by atoms with Gasteiger partial charge in [-0.2, -0.15) is 0 Å². The van der Waals surface area contributed by atoms with Gasteiger partial charge < -0.3 is 10.7 Å². The number of nitrogens with one attached hydrogen (secondary N) is 2. The van der Waals surface area contributed by atoms with Crippen LogP contribution >= 0.6 is 11.6 Å². The molecule has 0 radical (unpaired) electrons. The van der Waals surface area contributed by atoms with Crippen molar-refractivity contribution in [3.8, 4) is 0 Å². The lowest BCUT2D eigenvalue weighted by atomic mass is 10.2. The van der Waals surface area contributed by atoms with Gasteiger partial charge in [-0.1, -0.05) is 11.6 Å². The van der Waals surface area contributed by atoms with E-state index in [1.165, 1.54) is 18.5 Å². The van der Waals surface area contributed by atoms with Crippen molar-refractivity contribution in [3.05, 3.63) is 40.9 Å². The van der Waals surface area contributed by atoms with Crippen molar-refractivity contribution in [2.45, 2.75) is 6.92 Å². The van der Waals surface area contributed by atoms with E-state index in [2.05, 4.69) is 20.7 Å². The van der Waals surface area contributed by atoms with E-state index in [0.29, 0.717) is 22.2 Å². The van der Waals surface area contributed by atoms with E-state index in [9.17, 15) is 4.39 Å². The molecule has 94 valence electrons. The van der Waals surface area contributed by atoms with E-state index in [1.807, 2.05) is 0 Å². The molecule has 0 fully saturated rings. The standard InChI is InChI=1S/C11H11ClFN5/c1-6-10(15-5-16-11(6)18-14)17-9-3-2-7(12)4-8(9)13/h2-5H,14H2,1H3,(H2,15,16,17,18). The molecule has 7 heteroatoms. The Balaban J connectivity index is 2.34. The lowest BCUT2D eigenvalue weighted by Crippen LogP contribution is -2.11. The summed E-state index contributed by atoms with van der Waals surface area (Å²) in [5, 5.41) is 3.20. The molecule has 0 atom stereocenters. The predicted molar refractivity (Wildman–Crippen MR) is 69.3 cm³/mol. The van der Waals surface area contributed by atoms with Gasteiger partial charge in [0.15, 0.2) is 0 Å². The van der Waals surface area contributed by atoms with E-state index >= 15 is 0 Å². The SMILES string of the molecule is Cc1c(NN)ncnc1Nc1ccc(Cl)cc1F. The third-order valence-electron chi connectivity index (χ3n) is 2.41. The van der Waals surface area contributed by atoms with Crippen molar-refractivity contribution in [3.63, 3.8) is 0 Å². The van der Waals surface area contributed by atoms with Gasteiger partial charge in [0.1, 0.15) is 23.8 Å². The Morgan fingerprint density at radius 2 is 2.00 bits per heavy atom. The summed E-state index contributed by atoms with van der Waals surface area (Å²) >= 11 is 5.68. The summed E-state index contributed by atoms with van der Waals surface area (Å²) in [4.78, 5) is 7.96. The minimum absolute atomic E-state index is 0.282. The van der Waals surface area contributed by atoms with Crippen LogP contribution in [0, 0.1) is 12.7 Å². The summed E-state index contributed by atoms with van der Waals surface area (Å²) < 4.78 is 13.6. The third-order valence-corrected chi connectivity index (χ3v) is 2.64. The molecule has 2 rings (SSSR count). The Morgan fingerprint density at radius 3 is 2.67 bits per heavy atom. The van der Waals surface area contributed by atoms with Gasteiger partial charge >= 0.3 is 0 Å². The maximum absolute atomic E-state index is 13.6. The Morgan fingerprint density at radius 1 is 1.28 bits per heavy atom. The van der Waals surface area contributed by atoms with Crippen LogP contribution in [0.15, 0.2) is 24.5 Å². The molecule has 0 aliphatic rings. The molecule has 0 unspecified atom stereocenters. The monoisotopic (exact) mass is 267 g/mol. The molecule has 18 heavy (non-hydrogen) atoms. The number of nitrogens with two attached hydrogens (primary N) is 1. The van der Waals surface area contributed by atoms with E-state index in [0.717, 1.165) is 0 Å². The number of hydrogen-bond donors (Lipinski definition) is 3. The number of hydrazine groups is 1. The molecule has 1 heterocycles. The molecule has 1 aromatic carbocycles. The van der Waals surface area contributed by atoms with Gasteiger partial charge in [-0.25, -0.2) is 20.2 Å². The molecule has 1 aromatic heterocycles. The van der Waals surface area contributed by atoms with Crippen molar-refractivity contribution in [1.29, 1.82) is 0 Å². The molecule has 2 aromatic rings. The molecule has 0 amide bonds. The topological polar surface area (TPSA) is 75.9 Å². The van der Waals surface area contributed by atoms with Crippen LogP contribution in [0.5, 0.6) is 0 Å². The fourth-order valence-corrected chi connectivity index (χ4v) is 1.60. The second kappa shape index (κ2) is 5.16. The van der Waals surface area contributed by atoms with Gasteiger partial charge in [0.25, 0.3) is 0 Å². The Hall–Kier alpha value is -1.92. The number of benzene rings is 1. The van der Waals surface area contributed by atoms with Crippen molar-refractivity contribution < 1.29 is 4.39 Å². The number of aromatic nitrogens is 2. The fourth-order valence-electron chi connectivity index (χ4n) is 1.44. The maximum atomic E-state index is 13.6. The predicted octanol–water partition coefficient (Wildman–Crippen LogP) is 2.61. The van der Waals surface area contributed by atoms with Crippen LogP contribution in [0.25, 0.3) is 0 Å². The zero-order valence-electron chi connectivity index (χ0n) is 9.54. The molecular weight excluding hydrogens is 257 g/mol. The fraction of sp³-hybridized carbons (Fsp3) is 0.0909. The van der Waals surface area contributed by atoms with Crippen LogP contribution in [-0.2, 0) is 0 Å². The summed E-state index contributed by atoms with van der Waals surface area (Å²) in [6, 6.07) is 4.35. The highest BCUT2D eigenvalue weighted by atomic mass is 35.5. The van der Waals surface area contributed by atoms with E-state index in [-0.39, 0.29) is 5.69 Å². The average molecular weight is 268 g/mol. The van der Waals surface area contributed by atoms with Crippen LogP contribution in [0.4, 0.5) is 21.7 Å². The number of anilines is 3. The minimum Gasteiger partial charge on any atom is -0.337 e. The summed E-state index contributed by atoms with van der Waals surface area (Å²) in [6.45, 7) is 1.77. The quantitative estimate of drug-likeness (QED) is 0.589. The van der Waals surface area contributed by atoms with E-state index in [1.54, 1.807) is 13.0 Å². The first-order valence-corrected chi connectivity index (χ1v) is 5.50. The van der Waals surface area contributed by atoms with Crippen molar-refractivity contribution >= 4 is 28.9 Å². The normalized spacial score (nSPS) is 10.2. The molecule has 0 bridgehead atoms. The highest BCUT2D eigenvalue weighted by molar-refractivity contribution is 6.30. The Bertz CT molecular complexity index is 575. The zero-order valence-corrected chi connectivity index (χ0v) is 10.3. The van der Waals surface area contributed by atoms with Crippen LogP contribution in [0.3, 0.4) is 0 Å². The van der Waals surface area contributed by atoms with Crippen molar-refractivity contribution in [2.75, 3.05) is 10.7 Å². The van der Waals surface area contributed by atoms with Gasteiger partial charge in [0.2, 0.25) is 0 Å². The number of hydrogen-bond acceptors (Lipinski definition) is 5. The second-order valence-corrected chi connectivity index (χ2v) is 4.03. The third kappa shape index (κ3) is 2.49. The second-order valence-electron chi connectivity index (χ2n) is 3.59. The van der Waals surface area contributed by atoms with E-state index < -0.39 is 5.82 Å². The minimum atomic E-state index is -0.456. The summed E-state index contributed by atoms with van der Waals surface area (Å²) in [5.41, 5.74) is 3.41. The van der Waals surface area contributed by atoms with Gasteiger partial charge in [-0.15, -0.1) is 0 Å². The largest absolute Gasteiger partial charge is 0.337 e. The Kier molecular flexibility index (Phi) is 3.59. The van der Waals surface area contributed by atoms with Gasteiger partial charge in [-0.05, 0) is 25.1 Å². The molecule has 4 N–H and O–H groups in total. The number of halogens is 2. The number of rotatable bonds is 3. The van der Waals surface area contributed by atoms with Gasteiger partial charge in [0.05, 0.1) is 5.69 Å². The highest BCUT2D eigenvalue weighted by Gasteiger charge is 2.09. The number of nitrogen functional groups attached to an aromatic ring is 1. The van der Waals surface area contributed by atoms with E-state index in [4.69, 9.17) is 17.4 Å². The Labute approximate surface area is 108 Å². The van der Waals surface area contributed by atoms with Crippen LogP contribution < -0.4 is 16.6 Å². The van der Waals surface area contributed by atoms with Gasteiger partial charge in [0, 0.05) is 10.6 Å². The summed E-state index contributed by atoms with van der Waals surface area (Å²) in [6.07, 6.45) is 1.33. The van der Waals surface area contributed by atoms with Crippen molar-refractivity contribution in [1.82, 2.24) is 9.97 Å². The van der Waals surface area contributed by atoms with Crippen molar-refractivity contribution in [2.24, 2.45) is 5.84 Å². The lowest BCUT2D eigenvalue weighted by Gasteiger charge is -2.11. The number of nitrogens with zero attached hydrogens (tertiary/aromatic N) is 2. The van der Waals surface area contributed by atoms with Gasteiger partial charge in [-0.3, -0.25) is 0 Å². The first kappa shape index (κ1) is 12.5. The molecule has 0 spiro atoms. The smallest absolute Gasteiger partial charge is 0.148 e. The lowest BCUT2D eigenvalue weighted by molar-refractivity contribution is 0.632.